The Balaban J connectivity index is 1.66. The van der Waals surface area contributed by atoms with E-state index in [1.54, 1.807) is 0 Å². The van der Waals surface area contributed by atoms with Gasteiger partial charge in [0.05, 0.1) is 6.54 Å². The molecule has 0 aromatic rings. The summed E-state index contributed by atoms with van der Waals surface area (Å²) in [5, 5.41) is 12.3. The lowest BCUT2D eigenvalue weighted by molar-refractivity contribution is -0.138. The highest BCUT2D eigenvalue weighted by Crippen LogP contribution is 2.36. The summed E-state index contributed by atoms with van der Waals surface area (Å²) in [4.78, 5) is 12.8. The smallest absolute Gasteiger partial charge is 0.317 e. The summed E-state index contributed by atoms with van der Waals surface area (Å²) in [5.74, 6) is 1.12. The van der Waals surface area contributed by atoms with Gasteiger partial charge in [-0.1, -0.05) is 0 Å². The first-order chi connectivity index (χ1) is 10.1. The molecule has 0 unspecified atom stereocenters. The van der Waals surface area contributed by atoms with Crippen LogP contribution in [0.1, 0.15) is 57.8 Å². The number of carbonyl (C=O) groups is 1. The first kappa shape index (κ1) is 16.8. The molecule has 21 heavy (non-hydrogen) atoms. The zero-order valence-corrected chi connectivity index (χ0v) is 13.7. The van der Waals surface area contributed by atoms with Gasteiger partial charge >= 0.3 is 5.97 Å². The molecule has 0 atom stereocenters. The molecule has 2 rings (SSSR count). The van der Waals surface area contributed by atoms with Crippen LogP contribution in [-0.4, -0.2) is 48.7 Å². The number of aliphatic carboxylic acids is 1. The van der Waals surface area contributed by atoms with Crippen LogP contribution in [0.15, 0.2) is 0 Å². The van der Waals surface area contributed by atoms with Gasteiger partial charge in [0.25, 0.3) is 0 Å². The van der Waals surface area contributed by atoms with Crippen molar-refractivity contribution in [3.63, 3.8) is 0 Å². The van der Waals surface area contributed by atoms with Crippen LogP contribution in [0, 0.1) is 11.8 Å². The molecule has 0 spiro atoms. The third-order valence-electron chi connectivity index (χ3n) is 5.75. The van der Waals surface area contributed by atoms with E-state index in [0.29, 0.717) is 6.04 Å². The minimum absolute atomic E-state index is 0.184. The molecule has 2 saturated carbocycles. The van der Waals surface area contributed by atoms with Crippen LogP contribution >= 0.6 is 0 Å². The van der Waals surface area contributed by atoms with Crippen LogP contribution in [0.4, 0.5) is 0 Å². The molecular weight excluding hydrogens is 264 g/mol. The number of hydrogen-bond donors (Lipinski definition) is 2. The second-order valence-electron chi connectivity index (χ2n) is 7.23. The maximum atomic E-state index is 10.8. The van der Waals surface area contributed by atoms with Crippen LogP contribution in [0.25, 0.3) is 0 Å². The summed E-state index contributed by atoms with van der Waals surface area (Å²) in [6.07, 6.45) is 11.8. The third-order valence-corrected chi connectivity index (χ3v) is 5.75. The van der Waals surface area contributed by atoms with E-state index in [1.807, 2.05) is 11.9 Å². The molecule has 0 aliphatic heterocycles. The summed E-state index contributed by atoms with van der Waals surface area (Å²) in [5.41, 5.74) is 0. The highest BCUT2D eigenvalue weighted by Gasteiger charge is 2.28. The molecule has 0 aromatic heterocycles. The quantitative estimate of drug-likeness (QED) is 0.791. The molecule has 122 valence electrons. The molecule has 0 bridgehead atoms. The number of nitrogens with zero attached hydrogens (tertiary/aromatic N) is 1. The topological polar surface area (TPSA) is 52.6 Å². The molecule has 2 aliphatic rings. The Morgan fingerprint density at radius 2 is 1.57 bits per heavy atom. The summed E-state index contributed by atoms with van der Waals surface area (Å²) < 4.78 is 0. The zero-order valence-electron chi connectivity index (χ0n) is 13.7. The van der Waals surface area contributed by atoms with E-state index >= 15 is 0 Å². The van der Waals surface area contributed by atoms with Gasteiger partial charge in [0.1, 0.15) is 0 Å². The van der Waals surface area contributed by atoms with Gasteiger partial charge in [-0.15, -0.1) is 0 Å². The number of likely N-dealkylation sites (N-methyl/N-ethyl adjacent to an activating group) is 1. The van der Waals surface area contributed by atoms with E-state index in [9.17, 15) is 4.79 Å². The van der Waals surface area contributed by atoms with Gasteiger partial charge in [-0.25, -0.2) is 0 Å². The van der Waals surface area contributed by atoms with Gasteiger partial charge in [-0.3, -0.25) is 9.69 Å². The summed E-state index contributed by atoms with van der Waals surface area (Å²) in [6, 6.07) is 1.24. The molecule has 0 amide bonds. The minimum Gasteiger partial charge on any atom is -0.480 e. The lowest BCUT2D eigenvalue weighted by atomic mass is 9.75. The number of carboxylic acid groups (broad SMARTS) is 1. The Hall–Kier alpha value is -0.610. The minimum atomic E-state index is -0.707. The number of rotatable bonds is 6. The normalized spacial score (nSPS) is 34.0. The number of carboxylic acids is 1. The Bertz CT molecular complexity index is 319. The molecule has 0 aromatic carbocycles. The second-order valence-corrected chi connectivity index (χ2v) is 7.23. The van der Waals surface area contributed by atoms with E-state index in [4.69, 9.17) is 5.11 Å². The molecule has 4 nitrogen and oxygen atoms in total. The lowest BCUT2D eigenvalue weighted by Gasteiger charge is -2.36. The van der Waals surface area contributed by atoms with Crippen molar-refractivity contribution < 1.29 is 9.90 Å². The fourth-order valence-electron chi connectivity index (χ4n) is 4.32. The molecular formula is C17H32N2O2. The van der Waals surface area contributed by atoms with E-state index in [-0.39, 0.29) is 6.54 Å². The van der Waals surface area contributed by atoms with Crippen molar-refractivity contribution in [1.29, 1.82) is 0 Å². The monoisotopic (exact) mass is 296 g/mol. The Labute approximate surface area is 129 Å². The van der Waals surface area contributed by atoms with Gasteiger partial charge in [0, 0.05) is 12.1 Å². The van der Waals surface area contributed by atoms with E-state index in [2.05, 4.69) is 12.4 Å². The van der Waals surface area contributed by atoms with E-state index < -0.39 is 5.97 Å². The van der Waals surface area contributed by atoms with Crippen molar-refractivity contribution in [1.82, 2.24) is 10.2 Å². The highest BCUT2D eigenvalue weighted by atomic mass is 16.4. The predicted octanol–water partition coefficient (Wildman–Crippen LogP) is 2.73. The molecule has 2 aliphatic carbocycles. The van der Waals surface area contributed by atoms with Gasteiger partial charge in [-0.05, 0) is 83.7 Å². The maximum absolute atomic E-state index is 10.8. The largest absolute Gasteiger partial charge is 0.480 e. The van der Waals surface area contributed by atoms with Crippen molar-refractivity contribution in [2.45, 2.75) is 69.9 Å². The van der Waals surface area contributed by atoms with Crippen LogP contribution in [0.3, 0.4) is 0 Å². The van der Waals surface area contributed by atoms with Crippen LogP contribution in [0.2, 0.25) is 0 Å². The Kier molecular flexibility index (Phi) is 6.49. The Morgan fingerprint density at radius 3 is 2.05 bits per heavy atom. The molecule has 2 N–H and O–H groups in total. The van der Waals surface area contributed by atoms with Crippen molar-refractivity contribution in [2.24, 2.45) is 11.8 Å². The number of nitrogens with one attached hydrogen (secondary N) is 1. The van der Waals surface area contributed by atoms with Crippen molar-refractivity contribution in [3.8, 4) is 0 Å². The van der Waals surface area contributed by atoms with Crippen LogP contribution in [-0.2, 0) is 4.79 Å². The Morgan fingerprint density at radius 1 is 1.05 bits per heavy atom. The molecule has 0 radical (unpaired) electrons. The second kappa shape index (κ2) is 8.14. The average molecular weight is 296 g/mol. The first-order valence-electron chi connectivity index (χ1n) is 8.67. The standard InChI is InChI=1S/C17H32N2O2/c1-18-15-7-3-13(4-8-15)11-14-5-9-16(10-6-14)19(2)12-17(20)21/h13-16,18H,3-12H2,1-2H3,(H,20,21). The van der Waals surface area contributed by atoms with Crippen molar-refractivity contribution in [2.75, 3.05) is 20.6 Å². The van der Waals surface area contributed by atoms with Crippen molar-refractivity contribution >= 4 is 5.97 Å². The predicted molar refractivity (Wildman–Crippen MR) is 85.4 cm³/mol. The summed E-state index contributed by atoms with van der Waals surface area (Å²) in [6.45, 7) is 0.184. The van der Waals surface area contributed by atoms with Gasteiger partial charge in [-0.2, -0.15) is 0 Å². The van der Waals surface area contributed by atoms with Gasteiger partial charge < -0.3 is 10.4 Å². The van der Waals surface area contributed by atoms with Crippen molar-refractivity contribution in [3.05, 3.63) is 0 Å². The number of hydrogen-bond acceptors (Lipinski definition) is 3. The SMILES string of the molecule is CNC1CCC(CC2CCC(N(C)CC(=O)O)CC2)CC1. The summed E-state index contributed by atoms with van der Waals surface area (Å²) >= 11 is 0. The van der Waals surface area contributed by atoms with Gasteiger partial charge in [0.15, 0.2) is 0 Å². The summed E-state index contributed by atoms with van der Waals surface area (Å²) in [7, 11) is 4.04. The van der Waals surface area contributed by atoms with Gasteiger partial charge in [0.2, 0.25) is 0 Å². The first-order valence-corrected chi connectivity index (χ1v) is 8.67. The fraction of sp³-hybridized carbons (Fsp3) is 0.941. The maximum Gasteiger partial charge on any atom is 0.317 e. The lowest BCUT2D eigenvalue weighted by Crippen LogP contribution is -2.38. The van der Waals surface area contributed by atoms with Crippen LogP contribution in [0.5, 0.6) is 0 Å². The van der Waals surface area contributed by atoms with E-state index in [0.717, 1.165) is 17.9 Å². The molecule has 4 heteroatoms. The third kappa shape index (κ3) is 5.26. The highest BCUT2D eigenvalue weighted by molar-refractivity contribution is 5.69. The molecule has 2 fully saturated rings. The fourth-order valence-corrected chi connectivity index (χ4v) is 4.32. The zero-order chi connectivity index (χ0) is 15.2. The molecule has 0 heterocycles. The van der Waals surface area contributed by atoms with Crippen LogP contribution < -0.4 is 5.32 Å². The van der Waals surface area contributed by atoms with E-state index in [1.165, 1.54) is 57.8 Å². The molecule has 0 saturated heterocycles. The average Bonchev–Trinajstić information content (AvgIpc) is 2.48.